The van der Waals surface area contributed by atoms with Gasteiger partial charge in [-0.25, -0.2) is 4.39 Å². The molecule has 0 spiro atoms. The molecule has 2 rings (SSSR count). The van der Waals surface area contributed by atoms with E-state index < -0.39 is 5.82 Å². The number of methoxy groups -OCH3 is 1. The highest BCUT2D eigenvalue weighted by Crippen LogP contribution is 2.31. The van der Waals surface area contributed by atoms with Gasteiger partial charge in [-0.1, -0.05) is 21.1 Å². The summed E-state index contributed by atoms with van der Waals surface area (Å²) in [7, 11) is 1.49. The molecule has 5 nitrogen and oxygen atoms in total. The Hall–Kier alpha value is -2.28. The van der Waals surface area contributed by atoms with Crippen LogP contribution in [0.2, 0.25) is 0 Å². The van der Waals surface area contributed by atoms with Crippen molar-refractivity contribution in [2.45, 2.75) is 0 Å². The van der Waals surface area contributed by atoms with E-state index in [1.54, 1.807) is 18.2 Å². The van der Waals surface area contributed by atoms with Gasteiger partial charge >= 0.3 is 0 Å². The monoisotopic (exact) mass is 354 g/mol. The van der Waals surface area contributed by atoms with Crippen LogP contribution in [0.5, 0.6) is 17.2 Å². The van der Waals surface area contributed by atoms with Crippen LogP contribution in [-0.4, -0.2) is 18.2 Å². The fourth-order valence-electron chi connectivity index (χ4n) is 1.66. The fraction of sp³-hybridized carbons (Fsp3) is 0.0714. The van der Waals surface area contributed by atoms with E-state index in [-0.39, 0.29) is 17.3 Å². The molecule has 0 saturated heterocycles. The molecule has 3 N–H and O–H groups in total. The average Bonchev–Trinajstić information content (AvgIpc) is 2.49. The molecule has 0 bridgehead atoms. The van der Waals surface area contributed by atoms with Crippen molar-refractivity contribution in [1.82, 2.24) is 0 Å². The first-order valence-corrected chi connectivity index (χ1v) is 6.63. The van der Waals surface area contributed by atoms with Crippen LogP contribution < -0.4 is 15.2 Å². The largest absolute Gasteiger partial charge is 0.497 e. The van der Waals surface area contributed by atoms with Crippen molar-refractivity contribution in [3.05, 3.63) is 52.3 Å². The molecule has 0 amide bonds. The van der Waals surface area contributed by atoms with Crippen molar-refractivity contribution in [1.29, 1.82) is 0 Å². The van der Waals surface area contributed by atoms with Gasteiger partial charge in [-0.05, 0) is 30.3 Å². The first kappa shape index (κ1) is 15.1. The molecule has 7 heteroatoms. The number of oxime groups is 1. The van der Waals surface area contributed by atoms with Gasteiger partial charge in [-0.2, -0.15) is 0 Å². The normalized spacial score (nSPS) is 11.3. The summed E-state index contributed by atoms with van der Waals surface area (Å²) in [5, 5.41) is 11.7. The van der Waals surface area contributed by atoms with Gasteiger partial charge in [0.15, 0.2) is 17.4 Å². The van der Waals surface area contributed by atoms with Crippen molar-refractivity contribution in [2.24, 2.45) is 10.9 Å². The van der Waals surface area contributed by atoms with Crippen molar-refractivity contribution in [3.8, 4) is 17.2 Å². The van der Waals surface area contributed by atoms with Crippen LogP contribution in [0.15, 0.2) is 46.0 Å². The average molecular weight is 355 g/mol. The molecule has 2 aromatic rings. The maximum Gasteiger partial charge on any atom is 0.173 e. The molecule has 21 heavy (non-hydrogen) atoms. The van der Waals surface area contributed by atoms with E-state index >= 15 is 0 Å². The number of ether oxygens (including phenoxy) is 2. The molecule has 0 aliphatic heterocycles. The van der Waals surface area contributed by atoms with E-state index in [4.69, 9.17) is 20.4 Å². The molecule has 0 radical (unpaired) electrons. The van der Waals surface area contributed by atoms with Crippen LogP contribution in [-0.2, 0) is 0 Å². The van der Waals surface area contributed by atoms with Gasteiger partial charge in [-0.15, -0.1) is 0 Å². The fourth-order valence-corrected chi connectivity index (χ4v) is 1.99. The van der Waals surface area contributed by atoms with Gasteiger partial charge in [0.2, 0.25) is 0 Å². The summed E-state index contributed by atoms with van der Waals surface area (Å²) in [4.78, 5) is 0. The van der Waals surface area contributed by atoms with E-state index in [2.05, 4.69) is 21.1 Å². The number of rotatable bonds is 4. The molecule has 0 aliphatic carbocycles. The minimum absolute atomic E-state index is 0.0124. The lowest BCUT2D eigenvalue weighted by molar-refractivity contribution is 0.318. The van der Waals surface area contributed by atoms with Gasteiger partial charge in [-0.3, -0.25) is 0 Å². The van der Waals surface area contributed by atoms with E-state index in [1.807, 2.05) is 0 Å². The quantitative estimate of drug-likeness (QED) is 0.381. The SMILES string of the molecule is COc1ccc(/C(N)=N/O)c(Oc2ccc(Br)cc2F)c1. The van der Waals surface area contributed by atoms with Crippen molar-refractivity contribution in [2.75, 3.05) is 7.11 Å². The van der Waals surface area contributed by atoms with Crippen molar-refractivity contribution in [3.63, 3.8) is 0 Å². The number of hydrogen-bond acceptors (Lipinski definition) is 4. The van der Waals surface area contributed by atoms with Crippen LogP contribution in [0.4, 0.5) is 4.39 Å². The van der Waals surface area contributed by atoms with Crippen molar-refractivity contribution < 1.29 is 19.1 Å². The maximum absolute atomic E-state index is 13.8. The summed E-state index contributed by atoms with van der Waals surface area (Å²) in [5.41, 5.74) is 5.90. The second-order valence-electron chi connectivity index (χ2n) is 4.02. The standard InChI is InChI=1S/C14H12BrFN2O3/c1-20-9-3-4-10(14(17)18-19)13(7-9)21-12-5-2-8(15)6-11(12)16/h2-7,19H,1H3,(H2,17,18). The first-order chi connectivity index (χ1) is 10.0. The Morgan fingerprint density at radius 2 is 2.00 bits per heavy atom. The topological polar surface area (TPSA) is 77.1 Å². The second-order valence-corrected chi connectivity index (χ2v) is 4.94. The summed E-state index contributed by atoms with van der Waals surface area (Å²) in [6.07, 6.45) is 0. The highest BCUT2D eigenvalue weighted by molar-refractivity contribution is 9.10. The van der Waals surface area contributed by atoms with Crippen LogP contribution in [0.25, 0.3) is 0 Å². The molecule has 0 unspecified atom stereocenters. The van der Waals surface area contributed by atoms with Crippen LogP contribution in [0.3, 0.4) is 0 Å². The molecule has 0 atom stereocenters. The van der Waals surface area contributed by atoms with Crippen LogP contribution in [0, 0.1) is 5.82 Å². The molecule has 0 aromatic heterocycles. The van der Waals surface area contributed by atoms with Gasteiger partial charge < -0.3 is 20.4 Å². The zero-order valence-corrected chi connectivity index (χ0v) is 12.6. The molecule has 0 heterocycles. The Balaban J connectivity index is 2.46. The minimum Gasteiger partial charge on any atom is -0.497 e. The Labute approximate surface area is 128 Å². The zero-order valence-electron chi connectivity index (χ0n) is 11.0. The molecular weight excluding hydrogens is 343 g/mol. The van der Waals surface area contributed by atoms with Gasteiger partial charge in [0.25, 0.3) is 0 Å². The summed E-state index contributed by atoms with van der Waals surface area (Å²) in [6.45, 7) is 0. The number of hydrogen-bond donors (Lipinski definition) is 2. The molecule has 0 aliphatic rings. The third-order valence-electron chi connectivity index (χ3n) is 2.69. The summed E-state index contributed by atoms with van der Waals surface area (Å²) >= 11 is 3.17. The lowest BCUT2D eigenvalue weighted by Gasteiger charge is -2.12. The third-order valence-corrected chi connectivity index (χ3v) is 3.18. The predicted octanol–water partition coefficient (Wildman–Crippen LogP) is 3.48. The number of halogens is 2. The first-order valence-electron chi connectivity index (χ1n) is 5.84. The van der Waals surface area contributed by atoms with Crippen LogP contribution in [0.1, 0.15) is 5.56 Å². The lowest BCUT2D eigenvalue weighted by atomic mass is 10.1. The summed E-state index contributed by atoms with van der Waals surface area (Å²) in [5.74, 6) is 0.0316. The highest BCUT2D eigenvalue weighted by atomic mass is 79.9. The smallest absolute Gasteiger partial charge is 0.173 e. The Kier molecular flexibility index (Phi) is 4.64. The van der Waals surface area contributed by atoms with Crippen LogP contribution >= 0.6 is 15.9 Å². The number of nitrogens with zero attached hydrogens (tertiary/aromatic N) is 1. The highest BCUT2D eigenvalue weighted by Gasteiger charge is 2.13. The summed E-state index contributed by atoms with van der Waals surface area (Å²) < 4.78 is 25.0. The Morgan fingerprint density at radius 3 is 2.62 bits per heavy atom. The second kappa shape index (κ2) is 6.45. The predicted molar refractivity (Wildman–Crippen MR) is 79.7 cm³/mol. The molecule has 0 saturated carbocycles. The molecular formula is C14H12BrFN2O3. The minimum atomic E-state index is -0.544. The Bertz CT molecular complexity index is 692. The van der Waals surface area contributed by atoms with Gasteiger partial charge in [0, 0.05) is 10.5 Å². The number of nitrogens with two attached hydrogens (primary N) is 1. The van der Waals surface area contributed by atoms with E-state index in [0.29, 0.717) is 15.8 Å². The van der Waals surface area contributed by atoms with Crippen molar-refractivity contribution >= 4 is 21.8 Å². The van der Waals surface area contributed by atoms with E-state index in [9.17, 15) is 4.39 Å². The van der Waals surface area contributed by atoms with E-state index in [1.165, 1.54) is 25.3 Å². The number of amidine groups is 1. The Morgan fingerprint density at radius 1 is 1.24 bits per heavy atom. The zero-order chi connectivity index (χ0) is 15.4. The van der Waals surface area contributed by atoms with E-state index in [0.717, 1.165) is 0 Å². The molecule has 110 valence electrons. The maximum atomic E-state index is 13.8. The van der Waals surface area contributed by atoms with Gasteiger partial charge in [0.05, 0.1) is 12.7 Å². The number of benzene rings is 2. The molecule has 0 fully saturated rings. The third kappa shape index (κ3) is 3.43. The van der Waals surface area contributed by atoms with Gasteiger partial charge in [0.1, 0.15) is 11.5 Å². The molecule has 2 aromatic carbocycles. The lowest BCUT2D eigenvalue weighted by Crippen LogP contribution is -2.14. The summed E-state index contributed by atoms with van der Waals surface area (Å²) in [6, 6.07) is 9.09.